The number of carbonyl (C=O) groups is 1. The number of hydrogen-bond acceptors (Lipinski definition) is 3. The number of carbonyl (C=O) groups excluding carboxylic acids is 1. The number of halogens is 1. The molecule has 1 aliphatic heterocycles. The third-order valence-electron chi connectivity index (χ3n) is 4.74. The van der Waals surface area contributed by atoms with E-state index in [0.29, 0.717) is 6.54 Å². The number of nitrogens with zero attached hydrogens (tertiary/aromatic N) is 2. The molecule has 3 rings (SSSR count). The van der Waals surface area contributed by atoms with E-state index < -0.39 is 0 Å². The van der Waals surface area contributed by atoms with Crippen molar-refractivity contribution in [2.24, 2.45) is 5.92 Å². The standard InChI is InChI=1S/C20H24FN3O/c1-15-9-12-24(13-10-15)14-19(25)23-20(18-4-2-3-11-22-18)16-5-7-17(21)8-6-16/h2-8,11,15,20H,9-10,12-14H2,1H3,(H,23,25)/t20-/m1/s1. The number of amides is 1. The van der Waals surface area contributed by atoms with Crippen molar-refractivity contribution in [2.75, 3.05) is 19.6 Å². The first kappa shape index (κ1) is 17.5. The lowest BCUT2D eigenvalue weighted by Gasteiger charge is -2.30. The van der Waals surface area contributed by atoms with Crippen molar-refractivity contribution in [3.8, 4) is 0 Å². The van der Waals surface area contributed by atoms with Crippen molar-refractivity contribution in [2.45, 2.75) is 25.8 Å². The minimum Gasteiger partial charge on any atom is -0.342 e. The van der Waals surface area contributed by atoms with Gasteiger partial charge in [0.05, 0.1) is 18.3 Å². The second-order valence-corrected chi connectivity index (χ2v) is 6.77. The summed E-state index contributed by atoms with van der Waals surface area (Å²) in [5.41, 5.74) is 1.57. The fraction of sp³-hybridized carbons (Fsp3) is 0.400. The smallest absolute Gasteiger partial charge is 0.234 e. The molecule has 1 aromatic heterocycles. The van der Waals surface area contributed by atoms with Crippen molar-refractivity contribution in [3.63, 3.8) is 0 Å². The van der Waals surface area contributed by atoms with Gasteiger partial charge < -0.3 is 5.32 Å². The van der Waals surface area contributed by atoms with E-state index in [1.165, 1.54) is 12.1 Å². The highest BCUT2D eigenvalue weighted by Crippen LogP contribution is 2.21. The Morgan fingerprint density at radius 1 is 1.24 bits per heavy atom. The van der Waals surface area contributed by atoms with Crippen LogP contribution >= 0.6 is 0 Å². The van der Waals surface area contributed by atoms with Gasteiger partial charge in [-0.3, -0.25) is 14.7 Å². The molecule has 132 valence electrons. The van der Waals surface area contributed by atoms with Crippen LogP contribution in [0, 0.1) is 11.7 Å². The minimum atomic E-state index is -0.377. The van der Waals surface area contributed by atoms with Crippen LogP contribution in [-0.2, 0) is 4.79 Å². The van der Waals surface area contributed by atoms with Gasteiger partial charge in [0, 0.05) is 6.20 Å². The second kappa shape index (κ2) is 8.21. The van der Waals surface area contributed by atoms with Gasteiger partial charge in [-0.1, -0.05) is 25.1 Å². The molecule has 1 aromatic carbocycles. The van der Waals surface area contributed by atoms with Crippen molar-refractivity contribution in [1.29, 1.82) is 0 Å². The Labute approximate surface area is 148 Å². The molecule has 5 heteroatoms. The van der Waals surface area contributed by atoms with Gasteiger partial charge in [0.2, 0.25) is 5.91 Å². The molecular weight excluding hydrogens is 317 g/mol. The van der Waals surface area contributed by atoms with Crippen molar-refractivity contribution >= 4 is 5.91 Å². The number of likely N-dealkylation sites (tertiary alicyclic amines) is 1. The van der Waals surface area contributed by atoms with Gasteiger partial charge >= 0.3 is 0 Å². The van der Waals surface area contributed by atoms with Gasteiger partial charge in [-0.15, -0.1) is 0 Å². The zero-order chi connectivity index (χ0) is 17.6. The summed E-state index contributed by atoms with van der Waals surface area (Å²) in [6, 6.07) is 11.4. The molecule has 1 fully saturated rings. The lowest BCUT2D eigenvalue weighted by atomic mass is 9.99. The SMILES string of the molecule is CC1CCN(CC(=O)N[C@H](c2ccc(F)cc2)c2ccccn2)CC1. The highest BCUT2D eigenvalue weighted by Gasteiger charge is 2.22. The van der Waals surface area contributed by atoms with Crippen LogP contribution in [-0.4, -0.2) is 35.4 Å². The van der Waals surface area contributed by atoms with Crippen LogP contribution in [0.3, 0.4) is 0 Å². The van der Waals surface area contributed by atoms with Crippen molar-refractivity contribution in [1.82, 2.24) is 15.2 Å². The highest BCUT2D eigenvalue weighted by atomic mass is 19.1. The minimum absolute atomic E-state index is 0.0328. The molecule has 0 bridgehead atoms. The first-order chi connectivity index (χ1) is 12.1. The molecule has 2 heterocycles. The number of aromatic nitrogens is 1. The molecule has 1 aliphatic rings. The van der Waals surface area contributed by atoms with E-state index in [4.69, 9.17) is 0 Å². The lowest BCUT2D eigenvalue weighted by Crippen LogP contribution is -2.42. The average molecular weight is 341 g/mol. The predicted octanol–water partition coefficient (Wildman–Crippen LogP) is 3.16. The topological polar surface area (TPSA) is 45.2 Å². The lowest BCUT2D eigenvalue weighted by molar-refractivity contribution is -0.123. The van der Waals surface area contributed by atoms with Crippen LogP contribution < -0.4 is 5.32 Å². The van der Waals surface area contributed by atoms with Crippen LogP contribution in [0.15, 0.2) is 48.7 Å². The van der Waals surface area contributed by atoms with E-state index in [9.17, 15) is 9.18 Å². The van der Waals surface area contributed by atoms with E-state index >= 15 is 0 Å². The molecule has 1 saturated heterocycles. The maximum absolute atomic E-state index is 13.2. The van der Waals surface area contributed by atoms with Gasteiger partial charge in [0.25, 0.3) is 0 Å². The summed E-state index contributed by atoms with van der Waals surface area (Å²) in [5.74, 6) is 0.409. The van der Waals surface area contributed by atoms with Crippen LogP contribution in [0.5, 0.6) is 0 Å². The second-order valence-electron chi connectivity index (χ2n) is 6.77. The first-order valence-electron chi connectivity index (χ1n) is 8.80. The largest absolute Gasteiger partial charge is 0.342 e. The average Bonchev–Trinajstić information content (AvgIpc) is 2.63. The molecule has 0 aliphatic carbocycles. The summed E-state index contributed by atoms with van der Waals surface area (Å²) in [7, 11) is 0. The van der Waals surface area contributed by atoms with E-state index in [1.807, 2.05) is 18.2 Å². The Balaban J connectivity index is 1.71. The molecule has 25 heavy (non-hydrogen) atoms. The molecule has 1 amide bonds. The van der Waals surface area contributed by atoms with Gasteiger partial charge in [0.15, 0.2) is 0 Å². The van der Waals surface area contributed by atoms with Crippen LogP contribution in [0.25, 0.3) is 0 Å². The molecular formula is C20H24FN3O. The van der Waals surface area contributed by atoms with Gasteiger partial charge in [-0.05, 0) is 61.7 Å². The highest BCUT2D eigenvalue weighted by molar-refractivity contribution is 5.79. The normalized spacial score (nSPS) is 17.2. The molecule has 0 radical (unpaired) electrons. The Morgan fingerprint density at radius 2 is 1.96 bits per heavy atom. The molecule has 4 nitrogen and oxygen atoms in total. The summed E-state index contributed by atoms with van der Waals surface area (Å²) in [6.07, 6.45) is 3.97. The number of pyridine rings is 1. The molecule has 0 unspecified atom stereocenters. The zero-order valence-electron chi connectivity index (χ0n) is 14.5. The number of piperidine rings is 1. The van der Waals surface area contributed by atoms with Gasteiger partial charge in [-0.25, -0.2) is 4.39 Å². The van der Waals surface area contributed by atoms with Crippen LogP contribution in [0.2, 0.25) is 0 Å². The maximum Gasteiger partial charge on any atom is 0.234 e. The molecule has 1 N–H and O–H groups in total. The van der Waals surface area contributed by atoms with E-state index in [1.54, 1.807) is 18.3 Å². The summed E-state index contributed by atoms with van der Waals surface area (Å²) in [6.45, 7) is 4.55. The zero-order valence-corrected chi connectivity index (χ0v) is 14.5. The Morgan fingerprint density at radius 3 is 2.60 bits per heavy atom. The quantitative estimate of drug-likeness (QED) is 0.909. The Bertz CT molecular complexity index is 682. The molecule has 0 spiro atoms. The third kappa shape index (κ3) is 4.86. The van der Waals surface area contributed by atoms with Crippen molar-refractivity contribution < 1.29 is 9.18 Å². The number of nitrogens with one attached hydrogen (secondary N) is 1. The maximum atomic E-state index is 13.2. The fourth-order valence-corrected chi connectivity index (χ4v) is 3.16. The van der Waals surface area contributed by atoms with E-state index in [2.05, 4.69) is 22.1 Å². The Hall–Kier alpha value is -2.27. The molecule has 1 atom stereocenters. The summed E-state index contributed by atoms with van der Waals surface area (Å²) >= 11 is 0. The van der Waals surface area contributed by atoms with Crippen LogP contribution in [0.4, 0.5) is 4.39 Å². The predicted molar refractivity (Wildman–Crippen MR) is 95.5 cm³/mol. The van der Waals surface area contributed by atoms with Gasteiger partial charge in [-0.2, -0.15) is 0 Å². The summed E-state index contributed by atoms with van der Waals surface area (Å²) in [5, 5.41) is 3.06. The van der Waals surface area contributed by atoms with E-state index in [-0.39, 0.29) is 17.8 Å². The third-order valence-corrected chi connectivity index (χ3v) is 4.74. The van der Waals surface area contributed by atoms with Crippen LogP contribution in [0.1, 0.15) is 37.1 Å². The summed E-state index contributed by atoms with van der Waals surface area (Å²) in [4.78, 5) is 19.1. The summed E-state index contributed by atoms with van der Waals surface area (Å²) < 4.78 is 13.2. The Kier molecular flexibility index (Phi) is 5.76. The number of hydrogen-bond donors (Lipinski definition) is 1. The van der Waals surface area contributed by atoms with Gasteiger partial charge in [0.1, 0.15) is 5.82 Å². The molecule has 2 aromatic rings. The van der Waals surface area contributed by atoms with E-state index in [0.717, 1.165) is 43.1 Å². The van der Waals surface area contributed by atoms with Crippen molar-refractivity contribution in [3.05, 3.63) is 65.7 Å². The number of rotatable bonds is 5. The number of benzene rings is 1. The fourth-order valence-electron chi connectivity index (χ4n) is 3.16. The first-order valence-corrected chi connectivity index (χ1v) is 8.80. The monoisotopic (exact) mass is 341 g/mol. The molecule has 0 saturated carbocycles.